The van der Waals surface area contributed by atoms with Crippen molar-refractivity contribution in [3.63, 3.8) is 0 Å². The zero-order valence-corrected chi connectivity index (χ0v) is 11.8. The number of primary sulfonamides is 1. The molecule has 0 bridgehead atoms. The van der Waals surface area contributed by atoms with Gasteiger partial charge in [-0.05, 0) is 6.07 Å². The number of thiophene rings is 1. The highest BCUT2D eigenvalue weighted by atomic mass is 32.2. The van der Waals surface area contributed by atoms with Crippen molar-refractivity contribution in [2.75, 3.05) is 13.2 Å². The molecule has 1 aromatic rings. The molecule has 0 atom stereocenters. The van der Waals surface area contributed by atoms with Crippen LogP contribution in [0.15, 0.2) is 15.7 Å². The SMILES string of the molecule is NS(=O)(=O)c1cc(C(=O)OCC(=O)NCC(F)(F)F)cs1. The first-order valence-electron chi connectivity index (χ1n) is 5.11. The Hall–Kier alpha value is -1.66. The Kier molecular flexibility index (Phi) is 5.31. The van der Waals surface area contributed by atoms with Gasteiger partial charge in [0, 0.05) is 5.38 Å². The highest BCUT2D eigenvalue weighted by Crippen LogP contribution is 2.19. The summed E-state index contributed by atoms with van der Waals surface area (Å²) in [7, 11) is -3.97. The summed E-state index contributed by atoms with van der Waals surface area (Å²) in [6.07, 6.45) is -4.57. The molecule has 0 aliphatic rings. The third-order valence-corrected chi connectivity index (χ3v) is 4.30. The second kappa shape index (κ2) is 6.41. The van der Waals surface area contributed by atoms with Crippen molar-refractivity contribution in [1.29, 1.82) is 0 Å². The van der Waals surface area contributed by atoms with Crippen LogP contribution in [0.5, 0.6) is 0 Å². The zero-order valence-electron chi connectivity index (χ0n) is 10.1. The van der Waals surface area contributed by atoms with Gasteiger partial charge in [0.1, 0.15) is 10.8 Å². The fraction of sp³-hybridized carbons (Fsp3) is 0.333. The Balaban J connectivity index is 2.51. The summed E-state index contributed by atoms with van der Waals surface area (Å²) in [5.74, 6) is -2.19. The lowest BCUT2D eigenvalue weighted by Crippen LogP contribution is -2.36. The molecule has 1 heterocycles. The number of halogens is 3. The van der Waals surface area contributed by atoms with Crippen molar-refractivity contribution in [3.05, 3.63) is 17.0 Å². The van der Waals surface area contributed by atoms with Crippen LogP contribution in [-0.4, -0.2) is 39.6 Å². The highest BCUT2D eigenvalue weighted by molar-refractivity contribution is 7.91. The molecular formula is C9H9F3N2O5S2. The second-order valence-electron chi connectivity index (χ2n) is 3.67. The average Bonchev–Trinajstić information content (AvgIpc) is 2.81. The van der Waals surface area contributed by atoms with Crippen molar-refractivity contribution in [3.8, 4) is 0 Å². The third-order valence-electron chi connectivity index (χ3n) is 1.91. The number of carbonyl (C=O) groups excluding carboxylic acids is 2. The Morgan fingerprint density at radius 3 is 2.48 bits per heavy atom. The molecule has 0 saturated carbocycles. The van der Waals surface area contributed by atoms with Crippen molar-refractivity contribution < 1.29 is 35.9 Å². The number of esters is 1. The number of carbonyl (C=O) groups is 2. The number of sulfonamides is 1. The zero-order chi connectivity index (χ0) is 16.3. The van der Waals surface area contributed by atoms with Crippen LogP contribution in [0.1, 0.15) is 10.4 Å². The van der Waals surface area contributed by atoms with Crippen LogP contribution in [0.4, 0.5) is 13.2 Å². The van der Waals surface area contributed by atoms with Gasteiger partial charge in [-0.15, -0.1) is 11.3 Å². The quantitative estimate of drug-likeness (QED) is 0.741. The Labute approximate surface area is 120 Å². The minimum atomic E-state index is -4.57. The topological polar surface area (TPSA) is 116 Å². The summed E-state index contributed by atoms with van der Waals surface area (Å²) in [6, 6.07) is 0.940. The van der Waals surface area contributed by atoms with Gasteiger partial charge in [0.2, 0.25) is 10.0 Å². The minimum absolute atomic E-state index is 0.173. The van der Waals surface area contributed by atoms with E-state index in [9.17, 15) is 31.2 Å². The summed E-state index contributed by atoms with van der Waals surface area (Å²) in [6.45, 7) is -2.47. The van der Waals surface area contributed by atoms with Crippen molar-refractivity contribution in [1.82, 2.24) is 5.32 Å². The first-order valence-corrected chi connectivity index (χ1v) is 7.53. The van der Waals surface area contributed by atoms with Gasteiger partial charge >= 0.3 is 12.1 Å². The number of hydrogen-bond acceptors (Lipinski definition) is 6. The number of ether oxygens (including phenoxy) is 1. The van der Waals surface area contributed by atoms with Gasteiger partial charge in [0.15, 0.2) is 6.61 Å². The number of alkyl halides is 3. The van der Waals surface area contributed by atoms with Crippen molar-refractivity contribution >= 4 is 33.2 Å². The molecule has 3 N–H and O–H groups in total. The molecule has 12 heteroatoms. The van der Waals surface area contributed by atoms with E-state index in [0.29, 0.717) is 11.3 Å². The molecule has 21 heavy (non-hydrogen) atoms. The lowest BCUT2D eigenvalue weighted by Gasteiger charge is -2.08. The van der Waals surface area contributed by atoms with E-state index in [-0.39, 0.29) is 9.77 Å². The summed E-state index contributed by atoms with van der Waals surface area (Å²) >= 11 is 0.670. The summed E-state index contributed by atoms with van der Waals surface area (Å²) in [5, 5.41) is 7.47. The maximum Gasteiger partial charge on any atom is 0.405 e. The maximum absolute atomic E-state index is 11.8. The van der Waals surface area contributed by atoms with E-state index in [1.807, 2.05) is 0 Å². The summed E-state index contributed by atoms with van der Waals surface area (Å²) in [4.78, 5) is 22.4. The highest BCUT2D eigenvalue weighted by Gasteiger charge is 2.27. The molecule has 1 rings (SSSR count). The Bertz CT molecular complexity index is 638. The predicted octanol–water partition coefficient (Wildman–Crippen LogP) is 0.231. The normalized spacial score (nSPS) is 12.0. The minimum Gasteiger partial charge on any atom is -0.452 e. The third kappa shape index (κ3) is 6.10. The molecule has 0 radical (unpaired) electrons. The number of amides is 1. The van der Waals surface area contributed by atoms with Gasteiger partial charge in [0.25, 0.3) is 5.91 Å². The number of nitrogens with one attached hydrogen (secondary N) is 1. The molecule has 118 valence electrons. The second-order valence-corrected chi connectivity index (χ2v) is 6.37. The monoisotopic (exact) mass is 346 g/mol. The molecular weight excluding hydrogens is 337 g/mol. The van der Waals surface area contributed by atoms with E-state index in [2.05, 4.69) is 4.74 Å². The molecule has 0 fully saturated rings. The molecule has 1 amide bonds. The Morgan fingerprint density at radius 2 is 2.00 bits per heavy atom. The average molecular weight is 346 g/mol. The molecule has 0 spiro atoms. The van der Waals surface area contributed by atoms with E-state index in [4.69, 9.17) is 5.14 Å². The van der Waals surface area contributed by atoms with E-state index in [1.165, 1.54) is 5.32 Å². The molecule has 0 aliphatic carbocycles. The van der Waals surface area contributed by atoms with Crippen LogP contribution < -0.4 is 10.5 Å². The number of hydrogen-bond donors (Lipinski definition) is 2. The maximum atomic E-state index is 11.8. The van der Waals surface area contributed by atoms with Crippen LogP contribution in [0.3, 0.4) is 0 Å². The molecule has 0 unspecified atom stereocenters. The van der Waals surface area contributed by atoms with Gasteiger partial charge in [-0.2, -0.15) is 13.2 Å². The smallest absolute Gasteiger partial charge is 0.405 e. The van der Waals surface area contributed by atoms with E-state index in [1.54, 1.807) is 0 Å². The fourth-order valence-electron chi connectivity index (χ4n) is 1.04. The number of rotatable bonds is 5. The van der Waals surface area contributed by atoms with Crippen LogP contribution in [-0.2, 0) is 19.6 Å². The summed E-state index contributed by atoms with van der Waals surface area (Å²) < 4.78 is 61.5. The van der Waals surface area contributed by atoms with Gasteiger partial charge in [0.05, 0.1) is 5.56 Å². The Morgan fingerprint density at radius 1 is 1.38 bits per heavy atom. The number of nitrogens with two attached hydrogens (primary N) is 1. The lowest BCUT2D eigenvalue weighted by molar-refractivity contribution is -0.140. The summed E-state index contributed by atoms with van der Waals surface area (Å²) in [5.41, 5.74) is -0.173. The van der Waals surface area contributed by atoms with Gasteiger partial charge < -0.3 is 10.1 Å². The molecule has 0 aromatic carbocycles. The first kappa shape index (κ1) is 17.4. The fourth-order valence-corrected chi connectivity index (χ4v) is 2.61. The van der Waals surface area contributed by atoms with Crippen molar-refractivity contribution in [2.24, 2.45) is 5.14 Å². The molecule has 1 aromatic heterocycles. The molecule has 0 aliphatic heterocycles. The largest absolute Gasteiger partial charge is 0.452 e. The van der Waals surface area contributed by atoms with Crippen LogP contribution in [0, 0.1) is 0 Å². The molecule has 7 nitrogen and oxygen atoms in total. The molecule has 0 saturated heterocycles. The van der Waals surface area contributed by atoms with Crippen LogP contribution in [0.2, 0.25) is 0 Å². The van der Waals surface area contributed by atoms with E-state index in [0.717, 1.165) is 11.4 Å². The van der Waals surface area contributed by atoms with Gasteiger partial charge in [-0.1, -0.05) is 0 Å². The standard InChI is InChI=1S/C9H9F3N2O5S2/c10-9(11,12)4-14-6(15)2-19-8(16)5-1-7(20-3-5)21(13,17)18/h1,3H,2,4H2,(H,14,15)(H2,13,17,18). The first-order chi connectivity index (χ1) is 9.49. The van der Waals surface area contributed by atoms with E-state index < -0.39 is 41.2 Å². The van der Waals surface area contributed by atoms with Crippen LogP contribution in [0.25, 0.3) is 0 Å². The van der Waals surface area contributed by atoms with E-state index >= 15 is 0 Å². The van der Waals surface area contributed by atoms with Gasteiger partial charge in [-0.3, -0.25) is 4.79 Å². The van der Waals surface area contributed by atoms with Gasteiger partial charge in [-0.25, -0.2) is 18.4 Å². The predicted molar refractivity (Wildman–Crippen MR) is 65.0 cm³/mol. The van der Waals surface area contributed by atoms with Crippen molar-refractivity contribution in [2.45, 2.75) is 10.4 Å². The van der Waals surface area contributed by atoms with Crippen LogP contribution >= 0.6 is 11.3 Å². The lowest BCUT2D eigenvalue weighted by atomic mass is 10.3.